The number of aromatic nitrogens is 1. The zero-order valence-corrected chi connectivity index (χ0v) is 20.2. The molecule has 1 aromatic heterocycles. The molecule has 0 radical (unpaired) electrons. The Hall–Kier alpha value is -3.11. The molecule has 1 unspecified atom stereocenters. The molecule has 1 aliphatic rings. The fourth-order valence-corrected chi connectivity index (χ4v) is 4.74. The Morgan fingerprint density at radius 3 is 2.80 bits per heavy atom. The SMILES string of the molecule is Cc1ccc(Cl)cc1Nc1nc(C(=O)N2CCCC2C(=O)NCc2cccc(C(F)(F)F)c2)cs1. The summed E-state index contributed by atoms with van der Waals surface area (Å²) in [7, 11) is 0. The summed E-state index contributed by atoms with van der Waals surface area (Å²) in [6, 6.07) is 9.51. The number of alkyl halides is 3. The maximum atomic E-state index is 13.1. The Morgan fingerprint density at radius 2 is 2.03 bits per heavy atom. The van der Waals surface area contributed by atoms with Crippen LogP contribution < -0.4 is 10.6 Å². The van der Waals surface area contributed by atoms with E-state index in [1.54, 1.807) is 17.5 Å². The van der Waals surface area contributed by atoms with E-state index in [2.05, 4.69) is 15.6 Å². The number of hydrogen-bond donors (Lipinski definition) is 2. The van der Waals surface area contributed by atoms with Gasteiger partial charge in [0, 0.05) is 29.2 Å². The van der Waals surface area contributed by atoms with E-state index >= 15 is 0 Å². The first-order valence-electron chi connectivity index (χ1n) is 10.9. The molecular weight excluding hydrogens is 501 g/mol. The summed E-state index contributed by atoms with van der Waals surface area (Å²) in [5.74, 6) is -0.773. The van der Waals surface area contributed by atoms with E-state index in [-0.39, 0.29) is 18.1 Å². The van der Waals surface area contributed by atoms with Crippen molar-refractivity contribution in [2.45, 2.75) is 38.5 Å². The van der Waals surface area contributed by atoms with Gasteiger partial charge >= 0.3 is 6.18 Å². The van der Waals surface area contributed by atoms with Crippen LogP contribution in [0.15, 0.2) is 47.8 Å². The molecule has 1 aliphatic heterocycles. The number of benzene rings is 2. The highest BCUT2D eigenvalue weighted by atomic mass is 35.5. The van der Waals surface area contributed by atoms with Crippen LogP contribution in [0.1, 0.15) is 40.0 Å². The Labute approximate surface area is 209 Å². The standard InChI is InChI=1S/C24H22ClF3N4O2S/c1-14-7-8-17(25)11-18(14)30-23-31-19(13-35-23)22(34)32-9-3-6-20(32)21(33)29-12-15-4-2-5-16(10-15)24(26,27)28/h2,4-5,7-8,10-11,13,20H,3,6,9,12H2,1H3,(H,29,33)(H,30,31). The molecule has 2 aromatic carbocycles. The number of nitrogens with zero attached hydrogens (tertiary/aromatic N) is 2. The van der Waals surface area contributed by atoms with E-state index in [4.69, 9.17) is 11.6 Å². The van der Waals surface area contributed by atoms with Crippen molar-refractivity contribution >= 4 is 45.6 Å². The third-order valence-electron chi connectivity index (χ3n) is 5.70. The van der Waals surface area contributed by atoms with Gasteiger partial charge in [-0.25, -0.2) is 4.98 Å². The second-order valence-electron chi connectivity index (χ2n) is 8.19. The van der Waals surface area contributed by atoms with Gasteiger partial charge in [-0.15, -0.1) is 11.3 Å². The molecular formula is C24H22ClF3N4O2S. The lowest BCUT2D eigenvalue weighted by Gasteiger charge is -2.23. The molecule has 2 amide bonds. The summed E-state index contributed by atoms with van der Waals surface area (Å²) in [6.07, 6.45) is -3.34. The predicted molar refractivity (Wildman–Crippen MR) is 129 cm³/mol. The molecule has 184 valence electrons. The van der Waals surface area contributed by atoms with E-state index in [1.165, 1.54) is 28.4 Å². The highest BCUT2D eigenvalue weighted by molar-refractivity contribution is 7.14. The second-order valence-corrected chi connectivity index (χ2v) is 9.49. The number of amides is 2. The minimum absolute atomic E-state index is 0.0644. The zero-order valence-electron chi connectivity index (χ0n) is 18.7. The van der Waals surface area contributed by atoms with Crippen molar-refractivity contribution in [1.82, 2.24) is 15.2 Å². The molecule has 1 fully saturated rings. The fraction of sp³-hybridized carbons (Fsp3) is 0.292. The van der Waals surface area contributed by atoms with E-state index in [9.17, 15) is 22.8 Å². The van der Waals surface area contributed by atoms with Gasteiger partial charge < -0.3 is 15.5 Å². The number of aryl methyl sites for hydroxylation is 1. The number of thiazole rings is 1. The molecule has 0 spiro atoms. The maximum absolute atomic E-state index is 13.1. The van der Waals surface area contributed by atoms with Crippen molar-refractivity contribution in [1.29, 1.82) is 0 Å². The Balaban J connectivity index is 1.40. The van der Waals surface area contributed by atoms with Gasteiger partial charge in [-0.05, 0) is 55.2 Å². The van der Waals surface area contributed by atoms with E-state index < -0.39 is 23.7 Å². The molecule has 0 bridgehead atoms. The van der Waals surface area contributed by atoms with Crippen LogP contribution in [0.4, 0.5) is 24.0 Å². The third-order valence-corrected chi connectivity index (χ3v) is 6.69. The number of nitrogens with one attached hydrogen (secondary N) is 2. The van der Waals surface area contributed by atoms with Crippen molar-refractivity contribution < 1.29 is 22.8 Å². The van der Waals surface area contributed by atoms with Crippen LogP contribution in [0, 0.1) is 6.92 Å². The fourth-order valence-electron chi connectivity index (χ4n) is 3.87. The zero-order chi connectivity index (χ0) is 25.2. The van der Waals surface area contributed by atoms with Crippen LogP contribution in [0.25, 0.3) is 0 Å². The molecule has 11 heteroatoms. The average molecular weight is 523 g/mol. The topological polar surface area (TPSA) is 74.3 Å². The highest BCUT2D eigenvalue weighted by Crippen LogP contribution is 2.30. The molecule has 3 aromatic rings. The lowest BCUT2D eigenvalue weighted by atomic mass is 10.1. The van der Waals surface area contributed by atoms with Gasteiger partial charge in [0.1, 0.15) is 11.7 Å². The summed E-state index contributed by atoms with van der Waals surface area (Å²) in [4.78, 5) is 31.7. The molecule has 2 heterocycles. The Bertz CT molecular complexity index is 1250. The Kier molecular flexibility index (Phi) is 7.32. The minimum Gasteiger partial charge on any atom is -0.350 e. The number of likely N-dealkylation sites (tertiary alicyclic amines) is 1. The summed E-state index contributed by atoms with van der Waals surface area (Å²) in [6.45, 7) is 2.25. The van der Waals surface area contributed by atoms with E-state index in [0.29, 0.717) is 35.1 Å². The third kappa shape index (κ3) is 5.94. The van der Waals surface area contributed by atoms with Crippen LogP contribution >= 0.6 is 22.9 Å². The summed E-state index contributed by atoms with van der Waals surface area (Å²) < 4.78 is 38.8. The normalized spacial score (nSPS) is 15.8. The van der Waals surface area contributed by atoms with Gasteiger partial charge in [0.15, 0.2) is 5.13 Å². The smallest absolute Gasteiger partial charge is 0.350 e. The van der Waals surface area contributed by atoms with Crippen molar-refractivity contribution in [2.75, 3.05) is 11.9 Å². The van der Waals surface area contributed by atoms with Gasteiger partial charge in [0.2, 0.25) is 5.91 Å². The van der Waals surface area contributed by atoms with Gasteiger partial charge in [-0.3, -0.25) is 9.59 Å². The lowest BCUT2D eigenvalue weighted by Crippen LogP contribution is -2.45. The quantitative estimate of drug-likeness (QED) is 0.430. The van der Waals surface area contributed by atoms with Crippen molar-refractivity contribution in [3.8, 4) is 0 Å². The van der Waals surface area contributed by atoms with Crippen molar-refractivity contribution in [2.24, 2.45) is 0 Å². The van der Waals surface area contributed by atoms with E-state index in [1.807, 2.05) is 13.0 Å². The van der Waals surface area contributed by atoms with Crippen LogP contribution in [0.3, 0.4) is 0 Å². The number of hydrogen-bond acceptors (Lipinski definition) is 5. The number of rotatable bonds is 6. The maximum Gasteiger partial charge on any atom is 0.416 e. The van der Waals surface area contributed by atoms with Crippen LogP contribution in [-0.4, -0.2) is 34.3 Å². The monoisotopic (exact) mass is 522 g/mol. The van der Waals surface area contributed by atoms with Crippen molar-refractivity contribution in [3.05, 3.63) is 75.3 Å². The molecule has 1 saturated heterocycles. The molecule has 4 rings (SSSR count). The molecule has 0 aliphatic carbocycles. The van der Waals surface area contributed by atoms with Crippen LogP contribution in [-0.2, 0) is 17.5 Å². The Morgan fingerprint density at radius 1 is 1.23 bits per heavy atom. The van der Waals surface area contributed by atoms with Crippen LogP contribution in [0.5, 0.6) is 0 Å². The number of halogens is 4. The molecule has 1 atom stereocenters. The molecule has 2 N–H and O–H groups in total. The molecule has 0 saturated carbocycles. The van der Waals surface area contributed by atoms with Crippen LogP contribution in [0.2, 0.25) is 5.02 Å². The number of anilines is 2. The predicted octanol–water partition coefficient (Wildman–Crippen LogP) is 5.79. The molecule has 6 nitrogen and oxygen atoms in total. The lowest BCUT2D eigenvalue weighted by molar-refractivity contribution is -0.137. The first-order chi connectivity index (χ1) is 16.6. The first-order valence-corrected chi connectivity index (χ1v) is 12.1. The van der Waals surface area contributed by atoms with Gasteiger partial charge in [0.05, 0.1) is 5.56 Å². The van der Waals surface area contributed by atoms with Gasteiger partial charge in [-0.2, -0.15) is 13.2 Å². The largest absolute Gasteiger partial charge is 0.416 e. The van der Waals surface area contributed by atoms with Gasteiger partial charge in [-0.1, -0.05) is 29.8 Å². The molecule has 35 heavy (non-hydrogen) atoms. The minimum atomic E-state index is -4.46. The highest BCUT2D eigenvalue weighted by Gasteiger charge is 2.35. The van der Waals surface area contributed by atoms with Crippen molar-refractivity contribution in [3.63, 3.8) is 0 Å². The summed E-state index contributed by atoms with van der Waals surface area (Å²) in [5, 5.41) is 8.54. The summed E-state index contributed by atoms with van der Waals surface area (Å²) in [5.41, 5.74) is 1.52. The van der Waals surface area contributed by atoms with E-state index in [0.717, 1.165) is 23.4 Å². The average Bonchev–Trinajstić information content (AvgIpc) is 3.49. The number of carbonyl (C=O) groups is 2. The summed E-state index contributed by atoms with van der Waals surface area (Å²) >= 11 is 7.32. The second kappa shape index (κ2) is 10.2. The first kappa shape index (κ1) is 25.0. The van der Waals surface area contributed by atoms with Gasteiger partial charge in [0.25, 0.3) is 5.91 Å². The number of carbonyl (C=O) groups excluding carboxylic acids is 2.